The van der Waals surface area contributed by atoms with Gasteiger partial charge in [0.2, 0.25) is 0 Å². The van der Waals surface area contributed by atoms with Gasteiger partial charge in [-0.3, -0.25) is 4.90 Å². The molecular formula is C14H22N2O. The Hall–Kier alpha value is -1.06. The standard InChI is InChI=1S/C14H22N2O/c1-10-4-5-14(17-3)12(8-10)9-16-7-6-13(15)11(16)2/h4-5,8,11,13H,6-7,9,15H2,1-3H3. The number of benzene rings is 1. The van der Waals surface area contributed by atoms with E-state index in [2.05, 4.69) is 30.9 Å². The second-order valence-corrected chi connectivity index (χ2v) is 4.98. The van der Waals surface area contributed by atoms with Crippen molar-refractivity contribution in [2.24, 2.45) is 5.73 Å². The van der Waals surface area contributed by atoms with E-state index in [0.717, 1.165) is 25.3 Å². The summed E-state index contributed by atoms with van der Waals surface area (Å²) in [5.41, 5.74) is 8.58. The Morgan fingerprint density at radius 3 is 2.82 bits per heavy atom. The Bertz CT molecular complexity index is 392. The molecule has 17 heavy (non-hydrogen) atoms. The zero-order valence-electron chi connectivity index (χ0n) is 10.9. The van der Waals surface area contributed by atoms with Crippen LogP contribution in [0.3, 0.4) is 0 Å². The predicted octanol–water partition coefficient (Wildman–Crippen LogP) is 1.93. The zero-order valence-corrected chi connectivity index (χ0v) is 10.9. The first-order chi connectivity index (χ1) is 8.11. The third kappa shape index (κ3) is 2.61. The molecule has 1 fully saturated rings. The maximum Gasteiger partial charge on any atom is 0.123 e. The smallest absolute Gasteiger partial charge is 0.123 e. The molecule has 0 radical (unpaired) electrons. The summed E-state index contributed by atoms with van der Waals surface area (Å²) in [5, 5.41) is 0. The van der Waals surface area contributed by atoms with Crippen LogP contribution >= 0.6 is 0 Å². The third-order valence-corrected chi connectivity index (χ3v) is 3.75. The molecule has 2 N–H and O–H groups in total. The minimum atomic E-state index is 0.311. The van der Waals surface area contributed by atoms with E-state index in [4.69, 9.17) is 10.5 Å². The lowest BCUT2D eigenvalue weighted by atomic mass is 10.1. The van der Waals surface area contributed by atoms with Crippen LogP contribution in [-0.2, 0) is 6.54 Å². The molecule has 0 aromatic heterocycles. The number of likely N-dealkylation sites (tertiary alicyclic amines) is 1. The van der Waals surface area contributed by atoms with Gasteiger partial charge >= 0.3 is 0 Å². The first-order valence-electron chi connectivity index (χ1n) is 6.25. The largest absolute Gasteiger partial charge is 0.496 e. The van der Waals surface area contributed by atoms with Crippen LogP contribution in [-0.4, -0.2) is 30.6 Å². The number of aryl methyl sites for hydroxylation is 1. The Kier molecular flexibility index (Phi) is 3.69. The molecule has 2 atom stereocenters. The molecule has 2 rings (SSSR count). The van der Waals surface area contributed by atoms with Gasteiger partial charge in [0.1, 0.15) is 5.75 Å². The highest BCUT2D eigenvalue weighted by molar-refractivity contribution is 5.36. The average Bonchev–Trinajstić information content (AvgIpc) is 2.61. The Morgan fingerprint density at radius 1 is 1.47 bits per heavy atom. The van der Waals surface area contributed by atoms with Gasteiger partial charge in [0.15, 0.2) is 0 Å². The van der Waals surface area contributed by atoms with Crippen LogP contribution in [0.2, 0.25) is 0 Å². The van der Waals surface area contributed by atoms with Crippen LogP contribution in [0.4, 0.5) is 0 Å². The van der Waals surface area contributed by atoms with Crippen molar-refractivity contribution >= 4 is 0 Å². The fraction of sp³-hybridized carbons (Fsp3) is 0.571. The number of nitrogens with zero attached hydrogens (tertiary/aromatic N) is 1. The van der Waals surface area contributed by atoms with Gasteiger partial charge in [-0.2, -0.15) is 0 Å². The highest BCUT2D eigenvalue weighted by Gasteiger charge is 2.28. The SMILES string of the molecule is COc1ccc(C)cc1CN1CCC(N)C1C. The summed E-state index contributed by atoms with van der Waals surface area (Å²) >= 11 is 0. The summed E-state index contributed by atoms with van der Waals surface area (Å²) in [6.07, 6.45) is 1.09. The van der Waals surface area contributed by atoms with Crippen molar-refractivity contribution in [2.75, 3.05) is 13.7 Å². The quantitative estimate of drug-likeness (QED) is 0.868. The molecule has 1 aromatic carbocycles. The van der Waals surface area contributed by atoms with Crippen molar-refractivity contribution in [1.82, 2.24) is 4.90 Å². The molecule has 0 bridgehead atoms. The number of hydrogen-bond acceptors (Lipinski definition) is 3. The summed E-state index contributed by atoms with van der Waals surface area (Å²) in [6, 6.07) is 7.10. The second kappa shape index (κ2) is 5.07. The second-order valence-electron chi connectivity index (χ2n) is 4.98. The Morgan fingerprint density at radius 2 is 2.24 bits per heavy atom. The molecule has 1 aromatic rings. The van der Waals surface area contributed by atoms with Crippen LogP contribution in [0.15, 0.2) is 18.2 Å². The van der Waals surface area contributed by atoms with Gasteiger partial charge in [-0.1, -0.05) is 17.7 Å². The number of methoxy groups -OCH3 is 1. The highest BCUT2D eigenvalue weighted by atomic mass is 16.5. The summed E-state index contributed by atoms with van der Waals surface area (Å²) in [5.74, 6) is 0.975. The maximum atomic E-state index is 6.05. The van der Waals surface area contributed by atoms with Crippen molar-refractivity contribution in [3.63, 3.8) is 0 Å². The lowest BCUT2D eigenvalue weighted by Crippen LogP contribution is -2.36. The van der Waals surface area contributed by atoms with Crippen LogP contribution in [0.5, 0.6) is 5.75 Å². The highest BCUT2D eigenvalue weighted by Crippen LogP contribution is 2.25. The third-order valence-electron chi connectivity index (χ3n) is 3.75. The Labute approximate surface area is 104 Å². The predicted molar refractivity (Wildman–Crippen MR) is 70.2 cm³/mol. The van der Waals surface area contributed by atoms with Gasteiger partial charge in [-0.05, 0) is 26.3 Å². The molecule has 0 spiro atoms. The average molecular weight is 234 g/mol. The zero-order chi connectivity index (χ0) is 12.4. The molecule has 3 heteroatoms. The minimum Gasteiger partial charge on any atom is -0.496 e. The van der Waals surface area contributed by atoms with Crippen molar-refractivity contribution in [3.05, 3.63) is 29.3 Å². The van der Waals surface area contributed by atoms with E-state index in [1.807, 2.05) is 6.07 Å². The van der Waals surface area contributed by atoms with Crippen molar-refractivity contribution < 1.29 is 4.74 Å². The number of hydrogen-bond donors (Lipinski definition) is 1. The number of ether oxygens (including phenoxy) is 1. The topological polar surface area (TPSA) is 38.5 Å². The number of nitrogens with two attached hydrogens (primary N) is 1. The van der Waals surface area contributed by atoms with E-state index >= 15 is 0 Å². The minimum absolute atomic E-state index is 0.311. The maximum absolute atomic E-state index is 6.05. The van der Waals surface area contributed by atoms with E-state index in [1.54, 1.807) is 7.11 Å². The molecule has 94 valence electrons. The van der Waals surface area contributed by atoms with Crippen LogP contribution < -0.4 is 10.5 Å². The van der Waals surface area contributed by atoms with Crippen LogP contribution in [0.25, 0.3) is 0 Å². The molecule has 1 aliphatic heterocycles. The van der Waals surface area contributed by atoms with Gasteiger partial charge in [0.25, 0.3) is 0 Å². The van der Waals surface area contributed by atoms with Crippen molar-refractivity contribution in [3.8, 4) is 5.75 Å². The van der Waals surface area contributed by atoms with Crippen molar-refractivity contribution in [2.45, 2.75) is 38.9 Å². The summed E-state index contributed by atoms with van der Waals surface area (Å²) in [6.45, 7) is 6.33. The summed E-state index contributed by atoms with van der Waals surface area (Å²) < 4.78 is 5.41. The molecule has 1 heterocycles. The molecule has 1 aliphatic rings. The fourth-order valence-corrected chi connectivity index (χ4v) is 2.50. The van der Waals surface area contributed by atoms with Gasteiger partial charge in [-0.25, -0.2) is 0 Å². The fourth-order valence-electron chi connectivity index (χ4n) is 2.50. The van der Waals surface area contributed by atoms with Gasteiger partial charge in [0, 0.05) is 30.7 Å². The monoisotopic (exact) mass is 234 g/mol. The molecule has 1 saturated heterocycles. The first-order valence-corrected chi connectivity index (χ1v) is 6.25. The molecular weight excluding hydrogens is 212 g/mol. The van der Waals surface area contributed by atoms with Gasteiger partial charge < -0.3 is 10.5 Å². The van der Waals surface area contributed by atoms with Crippen molar-refractivity contribution in [1.29, 1.82) is 0 Å². The molecule has 0 amide bonds. The lowest BCUT2D eigenvalue weighted by molar-refractivity contribution is 0.247. The number of rotatable bonds is 3. The summed E-state index contributed by atoms with van der Waals surface area (Å²) in [4.78, 5) is 2.43. The van der Waals surface area contributed by atoms with Gasteiger partial charge in [0.05, 0.1) is 7.11 Å². The van der Waals surface area contributed by atoms with Gasteiger partial charge in [-0.15, -0.1) is 0 Å². The van der Waals surface area contributed by atoms with E-state index < -0.39 is 0 Å². The first kappa shape index (κ1) is 12.4. The molecule has 2 unspecified atom stereocenters. The van der Waals surface area contributed by atoms with E-state index in [9.17, 15) is 0 Å². The normalized spacial score (nSPS) is 25.2. The van der Waals surface area contributed by atoms with E-state index in [1.165, 1.54) is 11.1 Å². The van der Waals surface area contributed by atoms with E-state index in [-0.39, 0.29) is 0 Å². The molecule has 0 aliphatic carbocycles. The summed E-state index contributed by atoms with van der Waals surface area (Å²) in [7, 11) is 1.73. The Balaban J connectivity index is 2.15. The lowest BCUT2D eigenvalue weighted by Gasteiger charge is -2.24. The molecule has 3 nitrogen and oxygen atoms in total. The van der Waals surface area contributed by atoms with Crippen LogP contribution in [0.1, 0.15) is 24.5 Å². The van der Waals surface area contributed by atoms with Crippen LogP contribution in [0, 0.1) is 6.92 Å². The molecule has 0 saturated carbocycles. The van der Waals surface area contributed by atoms with E-state index in [0.29, 0.717) is 12.1 Å².